The summed E-state index contributed by atoms with van der Waals surface area (Å²) in [6, 6.07) is 37.4. The van der Waals surface area contributed by atoms with Crippen LogP contribution in [-0.2, 0) is 48.4 Å². The number of nitrogens with zero attached hydrogens (tertiary/aromatic N) is 1. The van der Waals surface area contributed by atoms with Gasteiger partial charge in [0.05, 0.1) is 30.8 Å². The lowest BCUT2D eigenvalue weighted by atomic mass is 10.1. The highest BCUT2D eigenvalue weighted by molar-refractivity contribution is 7.86. The molecule has 6 rings (SSSR count). The number of hydrogen-bond acceptors (Lipinski definition) is 11. The summed E-state index contributed by atoms with van der Waals surface area (Å²) in [5.41, 5.74) is 4.75. The normalized spacial score (nSPS) is 12.7. The molecule has 312 valence electrons. The lowest BCUT2D eigenvalue weighted by molar-refractivity contribution is -0.150. The van der Waals surface area contributed by atoms with Crippen LogP contribution in [0.5, 0.6) is 28.7 Å². The third-order valence-electron chi connectivity index (χ3n) is 8.92. The SMILES string of the molecule is CCO[C@@H](Cc1ccc(OCCN2c3ccccc3Oc3ccccc32)cc1)C(=O)O.CCO[C@@H](Cc1ccc(OCCc2ccc(OS(C)(=O)=O)cc2)cc1)C(=O)O. The summed E-state index contributed by atoms with van der Waals surface area (Å²) in [5.74, 6) is 1.42. The molecule has 59 heavy (non-hydrogen) atoms. The fourth-order valence-corrected chi connectivity index (χ4v) is 6.62. The minimum atomic E-state index is -3.53. The van der Waals surface area contributed by atoms with Gasteiger partial charge in [-0.15, -0.1) is 0 Å². The van der Waals surface area contributed by atoms with Crippen LogP contribution in [0.2, 0.25) is 0 Å². The predicted octanol–water partition coefficient (Wildman–Crippen LogP) is 7.72. The molecule has 0 bridgehead atoms. The number of para-hydroxylation sites is 4. The Morgan fingerprint density at radius 3 is 1.47 bits per heavy atom. The van der Waals surface area contributed by atoms with Crippen molar-refractivity contribution in [2.75, 3.05) is 44.1 Å². The van der Waals surface area contributed by atoms with E-state index in [1.807, 2.05) is 84.9 Å². The summed E-state index contributed by atoms with van der Waals surface area (Å²) >= 11 is 0. The molecular weight excluding hydrogens is 779 g/mol. The third kappa shape index (κ3) is 13.8. The van der Waals surface area contributed by atoms with Crippen LogP contribution >= 0.6 is 0 Å². The van der Waals surface area contributed by atoms with Gasteiger partial charge in [0.15, 0.2) is 23.7 Å². The van der Waals surface area contributed by atoms with Gasteiger partial charge >= 0.3 is 22.1 Å². The molecule has 0 unspecified atom stereocenters. The molecule has 14 heteroatoms. The highest BCUT2D eigenvalue weighted by Crippen LogP contribution is 2.46. The topological polar surface area (TPSA) is 167 Å². The average Bonchev–Trinajstić information content (AvgIpc) is 3.21. The number of hydrogen-bond donors (Lipinski definition) is 2. The first-order valence-electron chi connectivity index (χ1n) is 19.2. The van der Waals surface area contributed by atoms with E-state index in [2.05, 4.69) is 4.90 Å². The third-order valence-corrected chi connectivity index (χ3v) is 9.42. The highest BCUT2D eigenvalue weighted by atomic mass is 32.2. The van der Waals surface area contributed by atoms with Gasteiger partial charge in [-0.05, 0) is 91.2 Å². The Morgan fingerprint density at radius 2 is 1.03 bits per heavy atom. The number of benzene rings is 5. The molecule has 0 aromatic heterocycles. The van der Waals surface area contributed by atoms with Gasteiger partial charge in [-0.3, -0.25) is 0 Å². The zero-order valence-corrected chi connectivity index (χ0v) is 34.0. The van der Waals surface area contributed by atoms with E-state index >= 15 is 0 Å². The van der Waals surface area contributed by atoms with Crippen LogP contribution in [0.1, 0.15) is 30.5 Å². The molecule has 2 N–H and O–H groups in total. The standard InChI is InChI=1S/C25H25NO5.C20H24O7S/c1-2-29-24(25(27)28)17-18-11-13-19(14-12-18)30-16-15-26-20-7-3-5-9-22(20)31-23-10-6-4-8-21(23)26;1-3-25-19(20(21)22)14-16-6-8-17(9-7-16)26-13-12-15-4-10-18(11-5-15)27-28(2,23)24/h3-14,24H,2,15-17H2,1H3,(H,27,28);4-11,19H,3,12-14H2,1-2H3,(H,21,22)/t24-;19-/m00/s1. The smallest absolute Gasteiger partial charge is 0.333 e. The molecule has 0 spiro atoms. The van der Waals surface area contributed by atoms with E-state index in [9.17, 15) is 23.1 Å². The molecule has 0 aliphatic carbocycles. The van der Waals surface area contributed by atoms with Crippen LogP contribution in [0.15, 0.2) is 121 Å². The van der Waals surface area contributed by atoms with E-state index in [-0.39, 0.29) is 5.75 Å². The minimum Gasteiger partial charge on any atom is -0.493 e. The van der Waals surface area contributed by atoms with Crippen molar-refractivity contribution in [2.45, 2.75) is 45.3 Å². The molecule has 0 radical (unpaired) electrons. The number of anilines is 2. The second-order valence-corrected chi connectivity index (χ2v) is 14.9. The molecule has 2 atom stereocenters. The second-order valence-electron chi connectivity index (χ2n) is 13.3. The molecule has 13 nitrogen and oxygen atoms in total. The van der Waals surface area contributed by atoms with Gasteiger partial charge in [-0.2, -0.15) is 8.42 Å². The van der Waals surface area contributed by atoms with E-state index in [0.717, 1.165) is 51.6 Å². The lowest BCUT2D eigenvalue weighted by Crippen LogP contribution is -2.26. The van der Waals surface area contributed by atoms with Gasteiger partial charge in [-0.1, -0.05) is 60.7 Å². The Kier molecular flexibility index (Phi) is 16.1. The summed E-state index contributed by atoms with van der Waals surface area (Å²) in [6.07, 6.45) is 0.575. The Balaban J connectivity index is 0.000000226. The van der Waals surface area contributed by atoms with E-state index in [1.54, 1.807) is 50.2 Å². The fourth-order valence-electron chi connectivity index (χ4n) is 6.16. The second kappa shape index (κ2) is 21.6. The number of fused-ring (bicyclic) bond motifs is 2. The number of carbonyl (C=O) groups is 2. The zero-order valence-electron chi connectivity index (χ0n) is 33.2. The number of carboxylic acids is 2. The van der Waals surface area contributed by atoms with Crippen LogP contribution in [0.4, 0.5) is 11.4 Å². The summed E-state index contributed by atoms with van der Waals surface area (Å²) in [4.78, 5) is 24.6. The largest absolute Gasteiger partial charge is 0.493 e. The molecule has 0 amide bonds. The van der Waals surface area contributed by atoms with Crippen molar-refractivity contribution in [1.29, 1.82) is 0 Å². The Morgan fingerprint density at radius 1 is 0.610 bits per heavy atom. The van der Waals surface area contributed by atoms with E-state index in [4.69, 9.17) is 33.0 Å². The number of carboxylic acid groups (broad SMARTS) is 2. The van der Waals surface area contributed by atoms with Gasteiger partial charge in [-0.25, -0.2) is 9.59 Å². The van der Waals surface area contributed by atoms with Crippen molar-refractivity contribution in [3.63, 3.8) is 0 Å². The van der Waals surface area contributed by atoms with Gasteiger partial charge < -0.3 is 43.0 Å². The fraction of sp³-hybridized carbons (Fsp3) is 0.289. The quantitative estimate of drug-likeness (QED) is 0.0733. The maximum Gasteiger partial charge on any atom is 0.333 e. The monoisotopic (exact) mass is 827 g/mol. The summed E-state index contributed by atoms with van der Waals surface area (Å²) in [5, 5.41) is 18.4. The van der Waals surface area contributed by atoms with E-state index < -0.39 is 34.3 Å². The molecule has 0 fully saturated rings. The van der Waals surface area contributed by atoms with Crippen molar-refractivity contribution >= 4 is 33.4 Å². The zero-order chi connectivity index (χ0) is 42.2. The molecule has 1 heterocycles. The van der Waals surface area contributed by atoms with Crippen molar-refractivity contribution in [1.82, 2.24) is 0 Å². The molecule has 1 aliphatic rings. The maximum absolute atomic E-state index is 11.3. The van der Waals surface area contributed by atoms with Gasteiger partial charge in [0.2, 0.25) is 0 Å². The number of aliphatic carboxylic acids is 2. The maximum atomic E-state index is 11.3. The molecule has 0 saturated carbocycles. The molecular formula is C45H49NO12S. The number of rotatable bonds is 20. The molecule has 5 aromatic carbocycles. The first kappa shape index (κ1) is 44.0. The first-order valence-corrected chi connectivity index (χ1v) is 21.0. The molecule has 1 aliphatic heterocycles. The van der Waals surface area contributed by atoms with Crippen LogP contribution in [0, 0.1) is 0 Å². The van der Waals surface area contributed by atoms with Crippen molar-refractivity contribution < 1.29 is 56.1 Å². The molecule has 5 aromatic rings. The van der Waals surface area contributed by atoms with Crippen molar-refractivity contribution in [3.05, 3.63) is 138 Å². The lowest BCUT2D eigenvalue weighted by Gasteiger charge is -2.32. The van der Waals surface area contributed by atoms with Gasteiger partial charge in [0.1, 0.15) is 23.9 Å². The minimum absolute atomic E-state index is 0.273. The van der Waals surface area contributed by atoms with Crippen LogP contribution in [-0.4, -0.2) is 82.0 Å². The van der Waals surface area contributed by atoms with Crippen LogP contribution in [0.3, 0.4) is 0 Å². The predicted molar refractivity (Wildman–Crippen MR) is 223 cm³/mol. The Hall–Kier alpha value is -6.09. The number of ether oxygens (including phenoxy) is 5. The van der Waals surface area contributed by atoms with Crippen molar-refractivity contribution in [3.8, 4) is 28.7 Å². The average molecular weight is 828 g/mol. The van der Waals surface area contributed by atoms with E-state index in [1.165, 1.54) is 0 Å². The summed E-state index contributed by atoms with van der Waals surface area (Å²) in [7, 11) is -3.53. The summed E-state index contributed by atoms with van der Waals surface area (Å²) in [6.45, 7) is 5.86. The van der Waals surface area contributed by atoms with E-state index in [0.29, 0.717) is 58.0 Å². The molecule has 0 saturated heterocycles. The van der Waals surface area contributed by atoms with Gasteiger partial charge in [0, 0.05) is 32.5 Å². The van der Waals surface area contributed by atoms with Crippen LogP contribution in [0.25, 0.3) is 0 Å². The van der Waals surface area contributed by atoms with Crippen LogP contribution < -0.4 is 23.3 Å². The van der Waals surface area contributed by atoms with Gasteiger partial charge in [0.25, 0.3) is 0 Å². The Bertz CT molecular complexity index is 2170. The van der Waals surface area contributed by atoms with Crippen molar-refractivity contribution in [2.24, 2.45) is 0 Å². The summed E-state index contributed by atoms with van der Waals surface area (Å²) < 4.78 is 55.1. The highest BCUT2D eigenvalue weighted by Gasteiger charge is 2.24. The Labute approximate surface area is 344 Å². The first-order chi connectivity index (χ1) is 28.4.